The van der Waals surface area contributed by atoms with Gasteiger partial charge in [0, 0.05) is 13.0 Å². The van der Waals surface area contributed by atoms with E-state index in [1.807, 2.05) is 0 Å². The van der Waals surface area contributed by atoms with Crippen LogP contribution >= 0.6 is 0 Å². The lowest BCUT2D eigenvalue weighted by Crippen LogP contribution is -2.41. The number of nitrogens with zero attached hydrogens (tertiary/aromatic N) is 1. The molecular formula is C8H13NO5S. The van der Waals surface area contributed by atoms with Gasteiger partial charge in [0.1, 0.15) is 6.04 Å². The summed E-state index contributed by atoms with van der Waals surface area (Å²) in [7, 11) is -3.66. The summed E-state index contributed by atoms with van der Waals surface area (Å²) in [6, 6.07) is -1.16. The Hall–Kier alpha value is -0.920. The summed E-state index contributed by atoms with van der Waals surface area (Å²) in [6.45, 7) is 3.13. The summed E-state index contributed by atoms with van der Waals surface area (Å²) < 4.78 is 24.0. The van der Waals surface area contributed by atoms with E-state index in [0.717, 1.165) is 4.31 Å². The summed E-state index contributed by atoms with van der Waals surface area (Å²) >= 11 is 0. The van der Waals surface area contributed by atoms with Gasteiger partial charge < -0.3 is 10.2 Å². The van der Waals surface area contributed by atoms with Crippen LogP contribution in [0.3, 0.4) is 0 Å². The quantitative estimate of drug-likeness (QED) is 0.611. The second-order valence-electron chi connectivity index (χ2n) is 3.38. The van der Waals surface area contributed by atoms with Crippen LogP contribution < -0.4 is 0 Å². The standard InChI is InChI=1S/C8H13NO5S/c1-2-3-15(13,14)9-5-6(10)4-7(9)8(11)12/h2,6-7,10H,1,3-5H2,(H,11,12). The molecule has 0 radical (unpaired) electrons. The number of carbonyl (C=O) groups is 1. The molecule has 0 amide bonds. The number of carboxylic acid groups (broad SMARTS) is 1. The molecule has 1 aliphatic heterocycles. The van der Waals surface area contributed by atoms with Crippen LogP contribution in [0, 0.1) is 0 Å². The molecule has 0 aromatic carbocycles. The van der Waals surface area contributed by atoms with E-state index in [2.05, 4.69) is 6.58 Å². The average Bonchev–Trinajstić information content (AvgIpc) is 2.47. The SMILES string of the molecule is C=CCS(=O)(=O)N1CC(O)CC1C(=O)O. The van der Waals surface area contributed by atoms with E-state index in [9.17, 15) is 18.3 Å². The summed E-state index contributed by atoms with van der Waals surface area (Å²) in [4.78, 5) is 10.8. The third-order valence-corrected chi connectivity index (χ3v) is 3.98. The van der Waals surface area contributed by atoms with Crippen molar-refractivity contribution in [1.29, 1.82) is 0 Å². The van der Waals surface area contributed by atoms with Gasteiger partial charge in [0.15, 0.2) is 0 Å². The van der Waals surface area contributed by atoms with Crippen molar-refractivity contribution in [3.63, 3.8) is 0 Å². The fraction of sp³-hybridized carbons (Fsp3) is 0.625. The molecule has 15 heavy (non-hydrogen) atoms. The second-order valence-corrected chi connectivity index (χ2v) is 5.35. The van der Waals surface area contributed by atoms with Crippen LogP contribution in [0.15, 0.2) is 12.7 Å². The first-order chi connectivity index (χ1) is 6.88. The van der Waals surface area contributed by atoms with Gasteiger partial charge in [-0.15, -0.1) is 6.58 Å². The maximum atomic E-state index is 11.6. The zero-order valence-electron chi connectivity index (χ0n) is 8.04. The Morgan fingerprint density at radius 2 is 2.20 bits per heavy atom. The Balaban J connectivity index is 2.93. The van der Waals surface area contributed by atoms with Gasteiger partial charge in [0.05, 0.1) is 11.9 Å². The molecule has 7 heteroatoms. The van der Waals surface area contributed by atoms with Gasteiger partial charge in [-0.1, -0.05) is 6.08 Å². The third kappa shape index (κ3) is 2.55. The lowest BCUT2D eigenvalue weighted by Gasteiger charge is -2.19. The molecule has 86 valence electrons. The number of aliphatic carboxylic acids is 1. The second kappa shape index (κ2) is 4.30. The molecule has 0 bridgehead atoms. The lowest BCUT2D eigenvalue weighted by atomic mass is 10.2. The van der Waals surface area contributed by atoms with Crippen molar-refractivity contribution in [3.05, 3.63) is 12.7 Å². The molecule has 2 N–H and O–H groups in total. The van der Waals surface area contributed by atoms with E-state index in [0.29, 0.717) is 0 Å². The van der Waals surface area contributed by atoms with Gasteiger partial charge in [-0.05, 0) is 0 Å². The molecule has 0 aromatic rings. The van der Waals surface area contributed by atoms with Gasteiger partial charge in [0.25, 0.3) is 0 Å². The zero-order chi connectivity index (χ0) is 11.6. The smallest absolute Gasteiger partial charge is 0.322 e. The first-order valence-electron chi connectivity index (χ1n) is 4.39. The fourth-order valence-electron chi connectivity index (χ4n) is 1.56. The third-order valence-electron chi connectivity index (χ3n) is 2.20. The molecule has 6 nitrogen and oxygen atoms in total. The van der Waals surface area contributed by atoms with Crippen molar-refractivity contribution < 1.29 is 23.4 Å². The molecule has 1 rings (SSSR count). The molecular weight excluding hydrogens is 222 g/mol. The molecule has 1 saturated heterocycles. The first kappa shape index (κ1) is 12.2. The van der Waals surface area contributed by atoms with Crippen molar-refractivity contribution >= 4 is 16.0 Å². The highest BCUT2D eigenvalue weighted by Gasteiger charge is 2.42. The number of aliphatic hydroxyl groups excluding tert-OH is 1. The minimum absolute atomic E-state index is 0.0638. The van der Waals surface area contributed by atoms with Crippen LogP contribution in [0.4, 0.5) is 0 Å². The molecule has 1 aliphatic rings. The maximum absolute atomic E-state index is 11.6. The summed E-state index contributed by atoms with van der Waals surface area (Å²) in [6.07, 6.45) is 0.218. The minimum atomic E-state index is -3.66. The molecule has 2 unspecified atom stereocenters. The van der Waals surface area contributed by atoms with Crippen LogP contribution in [-0.2, 0) is 14.8 Å². The number of rotatable bonds is 4. The Morgan fingerprint density at radius 1 is 1.60 bits per heavy atom. The fourth-order valence-corrected chi connectivity index (χ4v) is 3.01. The highest BCUT2D eigenvalue weighted by molar-refractivity contribution is 7.89. The van der Waals surface area contributed by atoms with E-state index >= 15 is 0 Å². The minimum Gasteiger partial charge on any atom is -0.480 e. The monoisotopic (exact) mass is 235 g/mol. The Kier molecular flexibility index (Phi) is 3.48. The Bertz CT molecular complexity index is 363. The predicted molar refractivity (Wildman–Crippen MR) is 52.7 cm³/mol. The summed E-state index contributed by atoms with van der Waals surface area (Å²) in [5, 5.41) is 18.0. The number of aliphatic hydroxyl groups is 1. The molecule has 1 heterocycles. The highest BCUT2D eigenvalue weighted by atomic mass is 32.2. The van der Waals surface area contributed by atoms with E-state index in [1.165, 1.54) is 6.08 Å². The van der Waals surface area contributed by atoms with Crippen molar-refractivity contribution in [2.45, 2.75) is 18.6 Å². The summed E-state index contributed by atoms with van der Waals surface area (Å²) in [5.41, 5.74) is 0. The lowest BCUT2D eigenvalue weighted by molar-refractivity contribution is -0.140. The molecule has 0 aliphatic carbocycles. The van der Waals surface area contributed by atoms with Gasteiger partial charge in [-0.2, -0.15) is 4.31 Å². The van der Waals surface area contributed by atoms with Crippen LogP contribution in [0.1, 0.15) is 6.42 Å². The maximum Gasteiger partial charge on any atom is 0.322 e. The summed E-state index contributed by atoms with van der Waals surface area (Å²) in [5.74, 6) is -1.55. The number of β-amino-alcohol motifs (C(OH)–C–C–N with tert-alkyl or cyclic N) is 1. The number of sulfonamides is 1. The van der Waals surface area contributed by atoms with Crippen molar-refractivity contribution in [3.8, 4) is 0 Å². The molecule has 0 saturated carbocycles. The van der Waals surface area contributed by atoms with Crippen LogP contribution in [0.5, 0.6) is 0 Å². The van der Waals surface area contributed by atoms with E-state index in [1.54, 1.807) is 0 Å². The van der Waals surface area contributed by atoms with Crippen LogP contribution in [-0.4, -0.2) is 53.3 Å². The van der Waals surface area contributed by atoms with Crippen LogP contribution in [0.2, 0.25) is 0 Å². The van der Waals surface area contributed by atoms with Crippen molar-refractivity contribution in [2.75, 3.05) is 12.3 Å². The Morgan fingerprint density at radius 3 is 2.67 bits per heavy atom. The molecule has 0 spiro atoms. The van der Waals surface area contributed by atoms with E-state index in [4.69, 9.17) is 5.11 Å². The zero-order valence-corrected chi connectivity index (χ0v) is 8.85. The predicted octanol–water partition coefficient (Wildman–Crippen LogP) is -0.978. The highest BCUT2D eigenvalue weighted by Crippen LogP contribution is 2.22. The van der Waals surface area contributed by atoms with Gasteiger partial charge in [-0.3, -0.25) is 4.79 Å². The van der Waals surface area contributed by atoms with Gasteiger partial charge in [-0.25, -0.2) is 8.42 Å². The van der Waals surface area contributed by atoms with E-state index in [-0.39, 0.29) is 18.7 Å². The number of hydrogen-bond donors (Lipinski definition) is 2. The first-order valence-corrected chi connectivity index (χ1v) is 6.00. The molecule has 0 aromatic heterocycles. The largest absolute Gasteiger partial charge is 0.480 e. The number of hydrogen-bond acceptors (Lipinski definition) is 4. The number of carboxylic acids is 1. The topological polar surface area (TPSA) is 94.9 Å². The Labute approximate surface area is 87.9 Å². The molecule has 2 atom stereocenters. The normalized spacial score (nSPS) is 27.8. The van der Waals surface area contributed by atoms with Crippen LogP contribution in [0.25, 0.3) is 0 Å². The van der Waals surface area contributed by atoms with Crippen molar-refractivity contribution in [2.24, 2.45) is 0 Å². The van der Waals surface area contributed by atoms with Gasteiger partial charge >= 0.3 is 5.97 Å². The van der Waals surface area contributed by atoms with Gasteiger partial charge in [0.2, 0.25) is 10.0 Å². The van der Waals surface area contributed by atoms with Crippen molar-refractivity contribution in [1.82, 2.24) is 4.31 Å². The average molecular weight is 235 g/mol. The molecule has 1 fully saturated rings. The van der Waals surface area contributed by atoms with E-state index < -0.39 is 28.1 Å².